The Kier molecular flexibility index (Phi) is 7.15. The molecule has 8 heteroatoms. The molecule has 7 N–H and O–H groups in total. The van der Waals surface area contributed by atoms with Crippen molar-refractivity contribution in [1.29, 1.82) is 0 Å². The third kappa shape index (κ3) is 5.13. The van der Waals surface area contributed by atoms with Gasteiger partial charge in [0.15, 0.2) is 0 Å². The summed E-state index contributed by atoms with van der Waals surface area (Å²) in [5.41, 5.74) is 1.22. The predicted octanol–water partition coefficient (Wildman–Crippen LogP) is -1.50. The van der Waals surface area contributed by atoms with Gasteiger partial charge < -0.3 is 36.2 Å². The average Bonchev–Trinajstić information content (AvgIpc) is 2.62. The van der Waals surface area contributed by atoms with Gasteiger partial charge in [-0.05, 0) is 24.8 Å². The maximum absolute atomic E-state index is 11.9. The molecule has 1 fully saturated rings. The van der Waals surface area contributed by atoms with Crippen LogP contribution in [0.3, 0.4) is 0 Å². The van der Waals surface area contributed by atoms with E-state index in [1.807, 2.05) is 30.3 Å². The minimum Gasteiger partial charge on any atom is -0.388 e. The first-order valence-electron chi connectivity index (χ1n) is 8.40. The van der Waals surface area contributed by atoms with E-state index in [0.717, 1.165) is 19.3 Å². The lowest BCUT2D eigenvalue weighted by Crippen LogP contribution is -2.69. The molecule has 0 aromatic heterocycles. The number of aryl methyl sites for hydroxylation is 1. The minimum atomic E-state index is -1.68. The summed E-state index contributed by atoms with van der Waals surface area (Å²) in [6, 6.07) is 8.07. The van der Waals surface area contributed by atoms with Gasteiger partial charge in [-0.25, -0.2) is 4.79 Å². The fourth-order valence-corrected chi connectivity index (χ4v) is 2.91. The molecule has 140 valence electrons. The van der Waals surface area contributed by atoms with Crippen molar-refractivity contribution in [2.75, 3.05) is 6.54 Å². The normalized spacial score (nSPS) is 32.2. The highest BCUT2D eigenvalue weighted by molar-refractivity contribution is 5.74. The molecule has 0 radical (unpaired) electrons. The zero-order valence-electron chi connectivity index (χ0n) is 13.8. The van der Waals surface area contributed by atoms with E-state index >= 15 is 0 Å². The zero-order chi connectivity index (χ0) is 18.4. The Morgan fingerprint density at radius 2 is 1.40 bits per heavy atom. The number of hydrogen-bond donors (Lipinski definition) is 7. The van der Waals surface area contributed by atoms with E-state index in [9.17, 15) is 30.3 Å². The number of amides is 2. The van der Waals surface area contributed by atoms with Crippen LogP contribution in [0.5, 0.6) is 0 Å². The van der Waals surface area contributed by atoms with Crippen molar-refractivity contribution in [3.63, 3.8) is 0 Å². The van der Waals surface area contributed by atoms with Gasteiger partial charge in [0, 0.05) is 6.54 Å². The summed E-state index contributed by atoms with van der Waals surface area (Å²) >= 11 is 0. The largest absolute Gasteiger partial charge is 0.388 e. The quantitative estimate of drug-likeness (QED) is 0.310. The molecule has 2 rings (SSSR count). The number of carbonyl (C=O) groups is 1. The van der Waals surface area contributed by atoms with Crippen molar-refractivity contribution in [1.82, 2.24) is 10.6 Å². The standard InChI is InChI=1S/C17H26N2O6/c20-12-11(13(21)15(23)16(24)14(12)22)19-17(25)18-9-5-4-8-10-6-2-1-3-7-10/h1-3,6-7,11-16,20-24H,4-5,8-9H2,(H2,18,19,25)/t11?,12-,13+,14+,15-,16?. The van der Waals surface area contributed by atoms with E-state index in [4.69, 9.17) is 0 Å². The van der Waals surface area contributed by atoms with Gasteiger partial charge in [0.05, 0.1) is 6.04 Å². The summed E-state index contributed by atoms with van der Waals surface area (Å²) in [5.74, 6) is 0. The topological polar surface area (TPSA) is 142 Å². The molecule has 0 saturated heterocycles. The van der Waals surface area contributed by atoms with Gasteiger partial charge in [0.2, 0.25) is 0 Å². The Hall–Kier alpha value is -1.71. The molecule has 2 amide bonds. The zero-order valence-corrected chi connectivity index (χ0v) is 13.8. The number of nitrogens with one attached hydrogen (secondary N) is 2. The number of hydrogen-bond acceptors (Lipinski definition) is 6. The van der Waals surface area contributed by atoms with Crippen LogP contribution in [0.4, 0.5) is 4.79 Å². The first kappa shape index (κ1) is 19.6. The van der Waals surface area contributed by atoms with E-state index < -0.39 is 42.6 Å². The van der Waals surface area contributed by atoms with Crippen LogP contribution < -0.4 is 10.6 Å². The Bertz CT molecular complexity index is 527. The summed E-state index contributed by atoms with van der Waals surface area (Å²) in [6.07, 6.45) is -5.62. The van der Waals surface area contributed by atoms with Gasteiger partial charge in [-0.1, -0.05) is 30.3 Å². The average molecular weight is 354 g/mol. The highest BCUT2D eigenvalue weighted by atomic mass is 16.4. The summed E-state index contributed by atoms with van der Waals surface area (Å²) < 4.78 is 0. The lowest BCUT2D eigenvalue weighted by atomic mass is 9.83. The van der Waals surface area contributed by atoms with Crippen LogP contribution in [0, 0.1) is 0 Å². The molecule has 1 aromatic rings. The van der Waals surface area contributed by atoms with Crippen molar-refractivity contribution in [3.05, 3.63) is 35.9 Å². The summed E-state index contributed by atoms with van der Waals surface area (Å²) in [6.45, 7) is 0.408. The lowest BCUT2D eigenvalue weighted by molar-refractivity contribution is -0.188. The molecule has 1 aliphatic rings. The van der Waals surface area contributed by atoms with Gasteiger partial charge in [0.25, 0.3) is 0 Å². The summed E-state index contributed by atoms with van der Waals surface area (Å²) in [7, 11) is 0. The molecule has 8 nitrogen and oxygen atoms in total. The molecular formula is C17H26N2O6. The summed E-state index contributed by atoms with van der Waals surface area (Å²) in [5, 5.41) is 53.4. The first-order valence-corrected chi connectivity index (χ1v) is 8.40. The Morgan fingerprint density at radius 3 is 2.00 bits per heavy atom. The van der Waals surface area contributed by atoms with E-state index in [-0.39, 0.29) is 0 Å². The van der Waals surface area contributed by atoms with Gasteiger partial charge in [-0.3, -0.25) is 0 Å². The molecule has 0 aliphatic heterocycles. The molecule has 25 heavy (non-hydrogen) atoms. The monoisotopic (exact) mass is 354 g/mol. The Labute approximate surface area is 146 Å². The van der Waals surface area contributed by atoms with Gasteiger partial charge in [-0.15, -0.1) is 0 Å². The van der Waals surface area contributed by atoms with Crippen LogP contribution >= 0.6 is 0 Å². The van der Waals surface area contributed by atoms with Crippen LogP contribution in [-0.4, -0.2) is 74.7 Å². The highest BCUT2D eigenvalue weighted by Gasteiger charge is 2.48. The maximum atomic E-state index is 11.9. The molecule has 1 aromatic carbocycles. The van der Waals surface area contributed by atoms with Crippen molar-refractivity contribution >= 4 is 6.03 Å². The van der Waals surface area contributed by atoms with Crippen molar-refractivity contribution in [2.24, 2.45) is 0 Å². The molecule has 0 bridgehead atoms. The minimum absolute atomic E-state index is 0.408. The van der Waals surface area contributed by atoms with E-state index in [1.165, 1.54) is 5.56 Å². The van der Waals surface area contributed by atoms with Crippen LogP contribution in [0.1, 0.15) is 18.4 Å². The lowest BCUT2D eigenvalue weighted by Gasteiger charge is -2.41. The maximum Gasteiger partial charge on any atom is 0.315 e. The second-order valence-electron chi connectivity index (χ2n) is 6.32. The van der Waals surface area contributed by atoms with Crippen molar-refractivity contribution in [2.45, 2.75) is 55.8 Å². The van der Waals surface area contributed by atoms with Gasteiger partial charge >= 0.3 is 6.03 Å². The molecule has 0 spiro atoms. The van der Waals surface area contributed by atoms with Crippen molar-refractivity contribution in [3.8, 4) is 0 Å². The molecule has 6 atom stereocenters. The number of unbranched alkanes of at least 4 members (excludes halogenated alkanes) is 1. The molecule has 1 aliphatic carbocycles. The fraction of sp³-hybridized carbons (Fsp3) is 0.588. The Morgan fingerprint density at radius 1 is 0.840 bits per heavy atom. The molecule has 0 heterocycles. The molecule has 1 saturated carbocycles. The predicted molar refractivity (Wildman–Crippen MR) is 89.7 cm³/mol. The number of rotatable bonds is 6. The van der Waals surface area contributed by atoms with Crippen molar-refractivity contribution < 1.29 is 30.3 Å². The number of aliphatic hydroxyl groups is 5. The Balaban J connectivity index is 1.70. The number of urea groups is 1. The first-order chi connectivity index (χ1) is 11.9. The third-order valence-corrected chi connectivity index (χ3v) is 4.45. The van der Waals surface area contributed by atoms with Gasteiger partial charge in [-0.2, -0.15) is 0 Å². The van der Waals surface area contributed by atoms with Crippen LogP contribution in [0.15, 0.2) is 30.3 Å². The van der Waals surface area contributed by atoms with Crippen LogP contribution in [-0.2, 0) is 6.42 Å². The number of benzene rings is 1. The van der Waals surface area contributed by atoms with Crippen LogP contribution in [0.2, 0.25) is 0 Å². The third-order valence-electron chi connectivity index (χ3n) is 4.45. The second-order valence-corrected chi connectivity index (χ2v) is 6.32. The van der Waals surface area contributed by atoms with E-state index in [0.29, 0.717) is 6.54 Å². The molecular weight excluding hydrogens is 328 g/mol. The van der Waals surface area contributed by atoms with E-state index in [1.54, 1.807) is 0 Å². The van der Waals surface area contributed by atoms with Crippen LogP contribution in [0.25, 0.3) is 0 Å². The SMILES string of the molecule is O=C(NCCCCc1ccccc1)NC1[C@@H](O)[C@H](O)C(O)[C@H](O)[C@H]1O. The second kappa shape index (κ2) is 9.12. The molecule has 2 unspecified atom stereocenters. The van der Waals surface area contributed by atoms with E-state index in [2.05, 4.69) is 10.6 Å². The van der Waals surface area contributed by atoms with Gasteiger partial charge in [0.1, 0.15) is 30.5 Å². The highest BCUT2D eigenvalue weighted by Crippen LogP contribution is 2.21. The number of carbonyl (C=O) groups excluding carboxylic acids is 1. The fourth-order valence-electron chi connectivity index (χ4n) is 2.91. The smallest absolute Gasteiger partial charge is 0.315 e. The number of aliphatic hydroxyl groups excluding tert-OH is 5. The summed E-state index contributed by atoms with van der Waals surface area (Å²) in [4.78, 5) is 11.9.